The largest absolute Gasteiger partial charge is 0.298 e. The van der Waals surface area contributed by atoms with Crippen LogP contribution in [0.25, 0.3) is 0 Å². The summed E-state index contributed by atoms with van der Waals surface area (Å²) < 4.78 is 0. The van der Waals surface area contributed by atoms with Crippen molar-refractivity contribution in [1.29, 1.82) is 0 Å². The zero-order valence-electron chi connectivity index (χ0n) is 8.89. The van der Waals surface area contributed by atoms with Gasteiger partial charge >= 0.3 is 0 Å². The predicted octanol–water partition coefficient (Wildman–Crippen LogP) is 2.72. The second kappa shape index (κ2) is 5.06. The van der Waals surface area contributed by atoms with E-state index in [1.165, 1.54) is 6.07 Å². The van der Waals surface area contributed by atoms with Crippen LogP contribution in [0.2, 0.25) is 5.02 Å². The van der Waals surface area contributed by atoms with Crippen LogP contribution in [0, 0.1) is 16.0 Å². The van der Waals surface area contributed by atoms with Crippen molar-refractivity contribution in [3.8, 4) is 0 Å². The van der Waals surface area contributed by atoms with Crippen LogP contribution in [0.15, 0.2) is 18.2 Å². The van der Waals surface area contributed by atoms with Crippen molar-refractivity contribution in [2.24, 2.45) is 5.92 Å². The van der Waals surface area contributed by atoms with E-state index in [2.05, 4.69) is 0 Å². The van der Waals surface area contributed by atoms with Crippen molar-refractivity contribution >= 4 is 34.8 Å². The predicted molar refractivity (Wildman–Crippen MR) is 67.6 cm³/mol. The smallest absolute Gasteiger partial charge is 0.274 e. The molecule has 1 unspecified atom stereocenters. The van der Waals surface area contributed by atoms with Crippen molar-refractivity contribution in [3.63, 3.8) is 0 Å². The van der Waals surface area contributed by atoms with Gasteiger partial charge in [-0.05, 0) is 12.5 Å². The van der Waals surface area contributed by atoms with Crippen molar-refractivity contribution in [3.05, 3.63) is 38.9 Å². The zero-order chi connectivity index (χ0) is 12.4. The van der Waals surface area contributed by atoms with E-state index < -0.39 is 4.92 Å². The summed E-state index contributed by atoms with van der Waals surface area (Å²) in [5.74, 6) is 1.24. The molecule has 0 bridgehead atoms. The first-order chi connectivity index (χ1) is 8.09. The molecule has 6 heteroatoms. The molecule has 90 valence electrons. The Labute approximate surface area is 107 Å². The van der Waals surface area contributed by atoms with Gasteiger partial charge in [-0.25, -0.2) is 0 Å². The molecule has 1 aliphatic rings. The molecule has 0 spiro atoms. The molecule has 1 atom stereocenters. The molecule has 0 saturated carbocycles. The van der Waals surface area contributed by atoms with E-state index in [1.54, 1.807) is 23.9 Å². The maximum absolute atomic E-state index is 11.5. The minimum absolute atomic E-state index is 0.00204. The highest BCUT2D eigenvalue weighted by atomic mass is 35.5. The third kappa shape index (κ3) is 2.61. The second-order valence-electron chi connectivity index (χ2n) is 3.88. The molecule has 1 aromatic rings. The summed E-state index contributed by atoms with van der Waals surface area (Å²) >= 11 is 7.54. The summed E-state index contributed by atoms with van der Waals surface area (Å²) in [7, 11) is 0. The Morgan fingerprint density at radius 3 is 2.88 bits per heavy atom. The number of Topliss-reactive ketones (excluding diaryl/α,β-unsaturated/α-hetero) is 1. The second-order valence-corrected chi connectivity index (χ2v) is 5.31. The number of carbonyl (C=O) groups is 1. The molecule has 0 aromatic heterocycles. The minimum atomic E-state index is -0.451. The van der Waals surface area contributed by atoms with Gasteiger partial charge in [-0.2, -0.15) is 11.8 Å². The molecule has 0 aliphatic carbocycles. The first kappa shape index (κ1) is 12.4. The van der Waals surface area contributed by atoms with E-state index in [4.69, 9.17) is 11.6 Å². The van der Waals surface area contributed by atoms with Gasteiger partial charge in [0.15, 0.2) is 0 Å². The number of ketones is 1. The van der Waals surface area contributed by atoms with Crippen LogP contribution in [-0.4, -0.2) is 22.2 Å². The van der Waals surface area contributed by atoms with Crippen molar-refractivity contribution in [2.45, 2.75) is 6.42 Å². The van der Waals surface area contributed by atoms with Gasteiger partial charge in [0.25, 0.3) is 5.69 Å². The van der Waals surface area contributed by atoms with Gasteiger partial charge in [0, 0.05) is 23.3 Å². The normalized spacial score (nSPS) is 19.6. The van der Waals surface area contributed by atoms with Crippen LogP contribution in [0.5, 0.6) is 0 Å². The Morgan fingerprint density at radius 1 is 1.53 bits per heavy atom. The Kier molecular flexibility index (Phi) is 3.69. The molecular weight excluding hydrogens is 262 g/mol. The highest BCUT2D eigenvalue weighted by molar-refractivity contribution is 8.00. The molecule has 17 heavy (non-hydrogen) atoms. The van der Waals surface area contributed by atoms with E-state index in [-0.39, 0.29) is 17.4 Å². The Bertz CT molecular complexity index is 478. The van der Waals surface area contributed by atoms with Crippen molar-refractivity contribution in [1.82, 2.24) is 0 Å². The number of thioether (sulfide) groups is 1. The van der Waals surface area contributed by atoms with Gasteiger partial charge in [0.2, 0.25) is 0 Å². The number of rotatable bonds is 3. The molecule has 0 N–H and O–H groups in total. The van der Waals surface area contributed by atoms with E-state index in [9.17, 15) is 14.9 Å². The number of hydrogen-bond acceptors (Lipinski definition) is 4. The fourth-order valence-electron chi connectivity index (χ4n) is 1.85. The fraction of sp³-hybridized carbons (Fsp3) is 0.364. The molecule has 0 radical (unpaired) electrons. The molecule has 2 rings (SSSR count). The summed E-state index contributed by atoms with van der Waals surface area (Å²) in [5, 5.41) is 11.3. The molecule has 4 nitrogen and oxygen atoms in total. The van der Waals surface area contributed by atoms with Crippen LogP contribution in [0.3, 0.4) is 0 Å². The van der Waals surface area contributed by atoms with Crippen LogP contribution in [-0.2, 0) is 11.2 Å². The molecular formula is C11H10ClNO3S. The summed E-state index contributed by atoms with van der Waals surface area (Å²) in [6.07, 6.45) is 0.363. The van der Waals surface area contributed by atoms with Gasteiger partial charge in [0.1, 0.15) is 5.78 Å². The number of nitrogens with zero attached hydrogens (tertiary/aromatic N) is 1. The number of nitro groups is 1. The number of carbonyl (C=O) groups excluding carboxylic acids is 1. The molecule has 1 aromatic carbocycles. The highest BCUT2D eigenvalue weighted by Crippen LogP contribution is 2.32. The summed E-state index contributed by atoms with van der Waals surface area (Å²) in [4.78, 5) is 22.0. The molecule has 1 aliphatic heterocycles. The Morgan fingerprint density at radius 2 is 2.29 bits per heavy atom. The lowest BCUT2D eigenvalue weighted by Gasteiger charge is -2.09. The average molecular weight is 272 g/mol. The Balaban J connectivity index is 2.31. The molecule has 1 fully saturated rings. The average Bonchev–Trinajstić information content (AvgIpc) is 2.67. The van der Waals surface area contributed by atoms with Crippen molar-refractivity contribution < 1.29 is 9.72 Å². The minimum Gasteiger partial charge on any atom is -0.298 e. The van der Waals surface area contributed by atoms with Crippen LogP contribution in [0.1, 0.15) is 5.56 Å². The van der Waals surface area contributed by atoms with Gasteiger partial charge in [-0.3, -0.25) is 14.9 Å². The monoisotopic (exact) mass is 271 g/mol. The summed E-state index contributed by atoms with van der Waals surface area (Å²) in [6, 6.07) is 4.60. The molecule has 0 amide bonds. The van der Waals surface area contributed by atoms with E-state index in [0.29, 0.717) is 22.8 Å². The van der Waals surface area contributed by atoms with Crippen LogP contribution in [0.4, 0.5) is 5.69 Å². The van der Waals surface area contributed by atoms with Crippen LogP contribution >= 0.6 is 23.4 Å². The lowest BCUT2D eigenvalue weighted by molar-refractivity contribution is -0.385. The number of nitro benzene ring substituents is 1. The number of hydrogen-bond donors (Lipinski definition) is 0. The zero-order valence-corrected chi connectivity index (χ0v) is 10.5. The molecule has 1 heterocycles. The third-order valence-corrected chi connectivity index (χ3v) is 4.24. The quantitative estimate of drug-likeness (QED) is 0.626. The maximum atomic E-state index is 11.5. The topological polar surface area (TPSA) is 60.2 Å². The first-order valence-electron chi connectivity index (χ1n) is 5.12. The van der Waals surface area contributed by atoms with Crippen LogP contribution < -0.4 is 0 Å². The van der Waals surface area contributed by atoms with Gasteiger partial charge in [0.05, 0.1) is 15.7 Å². The van der Waals surface area contributed by atoms with Gasteiger partial charge in [-0.15, -0.1) is 0 Å². The van der Waals surface area contributed by atoms with E-state index >= 15 is 0 Å². The van der Waals surface area contributed by atoms with E-state index in [0.717, 1.165) is 5.75 Å². The Hall–Kier alpha value is -1.07. The standard InChI is InChI=1S/C11H10ClNO3S/c12-9-2-1-3-10(13(15)16)8(9)4-7-5-17-6-11(7)14/h1-3,7H,4-6H2. The number of benzene rings is 1. The third-order valence-electron chi connectivity index (χ3n) is 2.76. The van der Waals surface area contributed by atoms with Gasteiger partial charge in [-0.1, -0.05) is 17.7 Å². The van der Waals surface area contributed by atoms with Gasteiger partial charge < -0.3 is 0 Å². The summed E-state index contributed by atoms with van der Waals surface area (Å²) in [6.45, 7) is 0. The first-order valence-corrected chi connectivity index (χ1v) is 6.65. The lowest BCUT2D eigenvalue weighted by atomic mass is 9.97. The molecule has 1 saturated heterocycles. The maximum Gasteiger partial charge on any atom is 0.274 e. The SMILES string of the molecule is O=C1CSCC1Cc1c(Cl)cccc1[N+](=O)[O-]. The van der Waals surface area contributed by atoms with E-state index in [1.807, 2.05) is 0 Å². The van der Waals surface area contributed by atoms with Crippen molar-refractivity contribution in [2.75, 3.05) is 11.5 Å². The number of halogens is 1. The fourth-order valence-corrected chi connectivity index (χ4v) is 3.24. The highest BCUT2D eigenvalue weighted by Gasteiger charge is 2.28. The summed E-state index contributed by atoms with van der Waals surface area (Å²) in [5.41, 5.74) is 0.474. The lowest BCUT2D eigenvalue weighted by Crippen LogP contribution is -2.15.